The monoisotopic (exact) mass is 366 g/mol. The van der Waals surface area contributed by atoms with E-state index < -0.39 is 0 Å². The summed E-state index contributed by atoms with van der Waals surface area (Å²) in [6.07, 6.45) is 0. The molecule has 2 aliphatic rings. The quantitative estimate of drug-likeness (QED) is 0.632. The molecule has 7 nitrogen and oxygen atoms in total. The van der Waals surface area contributed by atoms with Crippen LogP contribution in [0.15, 0.2) is 17.1 Å². The number of hydrogen-bond acceptors (Lipinski definition) is 4. The maximum absolute atomic E-state index is 11.4. The minimum absolute atomic E-state index is 0.119. The summed E-state index contributed by atoms with van der Waals surface area (Å²) in [4.78, 5) is 19.8. The van der Waals surface area contributed by atoms with Gasteiger partial charge >= 0.3 is 0 Å². The first-order chi connectivity index (χ1) is 12.1. The van der Waals surface area contributed by atoms with Crippen molar-refractivity contribution in [1.82, 2.24) is 15.1 Å². The summed E-state index contributed by atoms with van der Waals surface area (Å²) in [5, 5.41) is 3.91. The van der Waals surface area contributed by atoms with Gasteiger partial charge in [0.1, 0.15) is 13.2 Å². The number of guanidine groups is 1. The molecule has 0 aromatic heterocycles. The standard InChI is InChI=1S/C17H23ClN4O3/c1-12(23)21-3-5-22(6-4-21)17(19-2)20-11-13-9-14(18)16-15(10-13)24-7-8-25-16/h9-10H,3-8,11H2,1-2H3,(H,19,20). The second-order valence-corrected chi connectivity index (χ2v) is 6.40. The summed E-state index contributed by atoms with van der Waals surface area (Å²) in [6.45, 7) is 6.19. The highest BCUT2D eigenvalue weighted by Crippen LogP contribution is 2.38. The zero-order chi connectivity index (χ0) is 17.8. The van der Waals surface area contributed by atoms with Crippen molar-refractivity contribution in [1.29, 1.82) is 0 Å². The Bertz CT molecular complexity index is 672. The molecule has 3 rings (SSSR count). The lowest BCUT2D eigenvalue weighted by Gasteiger charge is -2.36. The molecule has 2 aliphatic heterocycles. The molecule has 136 valence electrons. The van der Waals surface area contributed by atoms with E-state index in [1.807, 2.05) is 17.0 Å². The van der Waals surface area contributed by atoms with Gasteiger partial charge in [0.25, 0.3) is 0 Å². The van der Waals surface area contributed by atoms with Crippen molar-refractivity contribution in [2.24, 2.45) is 4.99 Å². The van der Waals surface area contributed by atoms with Crippen molar-refractivity contribution in [3.05, 3.63) is 22.7 Å². The number of carbonyl (C=O) groups is 1. The second-order valence-electron chi connectivity index (χ2n) is 6.00. The number of nitrogens with zero attached hydrogens (tertiary/aromatic N) is 3. The highest BCUT2D eigenvalue weighted by Gasteiger charge is 2.21. The maximum Gasteiger partial charge on any atom is 0.219 e. The van der Waals surface area contributed by atoms with Crippen LogP contribution in [0.3, 0.4) is 0 Å². The van der Waals surface area contributed by atoms with Crippen LogP contribution in [-0.2, 0) is 11.3 Å². The number of halogens is 1. The molecule has 1 fully saturated rings. The van der Waals surface area contributed by atoms with E-state index in [9.17, 15) is 4.79 Å². The molecule has 1 aromatic rings. The van der Waals surface area contributed by atoms with E-state index in [-0.39, 0.29) is 5.91 Å². The van der Waals surface area contributed by atoms with E-state index >= 15 is 0 Å². The van der Waals surface area contributed by atoms with Crippen molar-refractivity contribution >= 4 is 23.5 Å². The SMILES string of the molecule is CN=C(NCc1cc(Cl)c2c(c1)OCCO2)N1CCN(C(C)=O)CC1. The molecule has 0 unspecified atom stereocenters. The Morgan fingerprint density at radius 3 is 2.56 bits per heavy atom. The van der Waals surface area contributed by atoms with Crippen LogP contribution in [0.1, 0.15) is 12.5 Å². The molecule has 1 saturated heterocycles. The molecule has 1 aromatic carbocycles. The van der Waals surface area contributed by atoms with Crippen molar-refractivity contribution < 1.29 is 14.3 Å². The van der Waals surface area contributed by atoms with Crippen LogP contribution < -0.4 is 14.8 Å². The van der Waals surface area contributed by atoms with Gasteiger partial charge in [0, 0.05) is 46.7 Å². The van der Waals surface area contributed by atoms with Crippen molar-refractivity contribution in [3.8, 4) is 11.5 Å². The minimum Gasteiger partial charge on any atom is -0.486 e. The number of piperazine rings is 1. The van der Waals surface area contributed by atoms with Crippen molar-refractivity contribution in [2.45, 2.75) is 13.5 Å². The number of fused-ring (bicyclic) bond motifs is 1. The Morgan fingerprint density at radius 2 is 1.88 bits per heavy atom. The second kappa shape index (κ2) is 7.82. The third-order valence-electron chi connectivity index (χ3n) is 4.34. The third kappa shape index (κ3) is 4.10. The lowest BCUT2D eigenvalue weighted by Crippen LogP contribution is -2.53. The highest BCUT2D eigenvalue weighted by atomic mass is 35.5. The Labute approximate surface area is 152 Å². The summed E-state index contributed by atoms with van der Waals surface area (Å²) in [6, 6.07) is 3.82. The smallest absolute Gasteiger partial charge is 0.219 e. The molecular weight excluding hydrogens is 344 g/mol. The third-order valence-corrected chi connectivity index (χ3v) is 4.62. The zero-order valence-electron chi connectivity index (χ0n) is 14.5. The van der Waals surface area contributed by atoms with E-state index in [0.29, 0.717) is 49.4 Å². The molecule has 1 N–H and O–H groups in total. The van der Waals surface area contributed by atoms with Crippen molar-refractivity contribution in [2.75, 3.05) is 46.4 Å². The Balaban J connectivity index is 1.60. The molecule has 8 heteroatoms. The normalized spacial score (nSPS) is 17.5. The lowest BCUT2D eigenvalue weighted by molar-refractivity contribution is -0.130. The number of carbonyl (C=O) groups excluding carboxylic acids is 1. The number of amides is 1. The Morgan fingerprint density at radius 1 is 1.20 bits per heavy atom. The van der Waals surface area contributed by atoms with E-state index in [0.717, 1.165) is 24.6 Å². The lowest BCUT2D eigenvalue weighted by atomic mass is 10.2. The molecule has 0 spiro atoms. The van der Waals surface area contributed by atoms with Gasteiger partial charge in [-0.1, -0.05) is 11.6 Å². The van der Waals surface area contributed by atoms with Gasteiger partial charge in [-0.05, 0) is 17.7 Å². The van der Waals surface area contributed by atoms with Crippen LogP contribution in [0, 0.1) is 0 Å². The molecule has 0 aliphatic carbocycles. The Hall–Kier alpha value is -2.15. The molecule has 0 bridgehead atoms. The van der Waals surface area contributed by atoms with Gasteiger partial charge in [-0.2, -0.15) is 0 Å². The van der Waals surface area contributed by atoms with Gasteiger partial charge in [-0.3, -0.25) is 9.79 Å². The van der Waals surface area contributed by atoms with Crippen LogP contribution in [0.25, 0.3) is 0 Å². The predicted octanol–water partition coefficient (Wildman–Crippen LogP) is 1.35. The largest absolute Gasteiger partial charge is 0.486 e. The average Bonchev–Trinajstić information content (AvgIpc) is 2.63. The number of nitrogens with one attached hydrogen (secondary N) is 1. The fourth-order valence-electron chi connectivity index (χ4n) is 3.01. The van der Waals surface area contributed by atoms with Crippen LogP contribution in [0.2, 0.25) is 5.02 Å². The van der Waals surface area contributed by atoms with Gasteiger partial charge in [-0.25, -0.2) is 0 Å². The van der Waals surface area contributed by atoms with Crippen LogP contribution in [0.4, 0.5) is 0 Å². The molecule has 0 radical (unpaired) electrons. The molecule has 25 heavy (non-hydrogen) atoms. The average molecular weight is 367 g/mol. The highest BCUT2D eigenvalue weighted by molar-refractivity contribution is 6.32. The first-order valence-corrected chi connectivity index (χ1v) is 8.75. The topological polar surface area (TPSA) is 66.4 Å². The first kappa shape index (κ1) is 17.7. The number of rotatable bonds is 2. The molecule has 1 amide bonds. The number of ether oxygens (including phenoxy) is 2. The van der Waals surface area contributed by atoms with Gasteiger partial charge in [0.15, 0.2) is 17.5 Å². The maximum atomic E-state index is 11.4. The summed E-state index contributed by atoms with van der Waals surface area (Å²) < 4.78 is 11.2. The molecular formula is C17H23ClN4O3. The van der Waals surface area contributed by atoms with E-state index in [4.69, 9.17) is 21.1 Å². The molecule has 0 saturated carbocycles. The van der Waals surface area contributed by atoms with Gasteiger partial charge < -0.3 is 24.6 Å². The summed E-state index contributed by atoms with van der Waals surface area (Å²) in [5.74, 6) is 2.23. The van der Waals surface area contributed by atoms with E-state index in [1.54, 1.807) is 14.0 Å². The van der Waals surface area contributed by atoms with Gasteiger partial charge in [0.2, 0.25) is 5.91 Å². The number of aliphatic imine (C=N–C) groups is 1. The minimum atomic E-state index is 0.119. The number of hydrogen-bond donors (Lipinski definition) is 1. The molecule has 0 atom stereocenters. The summed E-state index contributed by atoms with van der Waals surface area (Å²) in [7, 11) is 1.76. The summed E-state index contributed by atoms with van der Waals surface area (Å²) in [5.41, 5.74) is 0.998. The zero-order valence-corrected chi connectivity index (χ0v) is 15.3. The molecule has 2 heterocycles. The fourth-order valence-corrected chi connectivity index (χ4v) is 3.30. The Kier molecular flexibility index (Phi) is 5.53. The van der Waals surface area contributed by atoms with Crippen LogP contribution in [-0.4, -0.2) is 68.1 Å². The predicted molar refractivity (Wildman–Crippen MR) is 96.5 cm³/mol. The van der Waals surface area contributed by atoms with E-state index in [1.165, 1.54) is 0 Å². The first-order valence-electron chi connectivity index (χ1n) is 8.37. The van der Waals surface area contributed by atoms with Gasteiger partial charge in [0.05, 0.1) is 5.02 Å². The summed E-state index contributed by atoms with van der Waals surface area (Å²) >= 11 is 6.28. The van der Waals surface area contributed by atoms with Crippen molar-refractivity contribution in [3.63, 3.8) is 0 Å². The van der Waals surface area contributed by atoms with E-state index in [2.05, 4.69) is 15.2 Å². The fraction of sp³-hybridized carbons (Fsp3) is 0.529. The van der Waals surface area contributed by atoms with Crippen LogP contribution in [0.5, 0.6) is 11.5 Å². The number of benzene rings is 1. The van der Waals surface area contributed by atoms with Crippen LogP contribution >= 0.6 is 11.6 Å². The van der Waals surface area contributed by atoms with Gasteiger partial charge in [-0.15, -0.1) is 0 Å².